The van der Waals surface area contributed by atoms with Gasteiger partial charge in [0.25, 0.3) is 0 Å². The van der Waals surface area contributed by atoms with Crippen LogP contribution in [-0.2, 0) is 56.5 Å². The summed E-state index contributed by atoms with van der Waals surface area (Å²) in [6.07, 6.45) is 88.3. The molecule has 0 aliphatic carbocycles. The second-order valence-electron chi connectivity index (χ2n) is 30.3. The standard InChI is InChI=1S/C46H72N2.2C23H47.Pd/c1-9-17-19-20-21-22-30-44-43(29-18-10-2)45(39-31-35(23-11-3)41(27-15-7)36(32-39)24-12-4)48(47)46(44)40-33-37(25-13-5)42(28-16-8)38(34-40)26-14-6;2*1-3-5-7-9-11-13-15-17-19-21-23-22-20-18-16-14-12-10-8-6-4-2;/h31-34H,9-30H2,1-8H3;2*1,3-23H2,2H3;. The predicted octanol–water partition coefficient (Wildman–Crippen LogP) is 32.8. The van der Waals surface area contributed by atoms with E-state index in [9.17, 15) is 5.53 Å². The van der Waals surface area contributed by atoms with Crippen LogP contribution < -0.4 is 0 Å². The Bertz CT molecular complexity index is 2040. The van der Waals surface area contributed by atoms with Crippen LogP contribution >= 0.6 is 0 Å². The summed E-state index contributed by atoms with van der Waals surface area (Å²) in [5.74, 6) is 0. The summed E-state index contributed by atoms with van der Waals surface area (Å²) in [7, 11) is 0. The zero-order valence-corrected chi connectivity index (χ0v) is 67.7. The number of hydrogen-bond acceptors (Lipinski definition) is 0. The summed E-state index contributed by atoms with van der Waals surface area (Å²) in [4.78, 5) is 3.10. The topological polar surface area (TPSA) is 25.3 Å². The molecule has 2 aromatic rings. The van der Waals surface area contributed by atoms with Crippen LogP contribution in [0.4, 0.5) is 0 Å². The third-order valence-electron chi connectivity index (χ3n) is 21.1. The van der Waals surface area contributed by atoms with Gasteiger partial charge in [-0.3, -0.25) is 0 Å². The Balaban J connectivity index is 0.000000647. The van der Waals surface area contributed by atoms with Gasteiger partial charge in [0.2, 0.25) is 11.4 Å². The van der Waals surface area contributed by atoms with Crippen molar-refractivity contribution in [1.29, 1.82) is 0 Å². The van der Waals surface area contributed by atoms with Crippen LogP contribution in [0.3, 0.4) is 0 Å². The molecule has 1 aliphatic rings. The fourth-order valence-corrected chi connectivity index (χ4v) is 17.4. The van der Waals surface area contributed by atoms with Crippen LogP contribution in [0.5, 0.6) is 0 Å². The Kier molecular flexibility index (Phi) is 61.5. The maximum absolute atomic E-state index is 12.6. The van der Waals surface area contributed by atoms with Gasteiger partial charge < -0.3 is 5.53 Å². The molecule has 0 spiro atoms. The summed E-state index contributed by atoms with van der Waals surface area (Å²) < 4.78 is 1.68. The fourth-order valence-electron chi connectivity index (χ4n) is 15.5. The van der Waals surface area contributed by atoms with Gasteiger partial charge in [-0.15, -0.1) is 0 Å². The first-order chi connectivity index (χ1) is 46.8. The van der Waals surface area contributed by atoms with E-state index in [0.717, 1.165) is 119 Å². The van der Waals surface area contributed by atoms with E-state index in [1.54, 1.807) is 25.6 Å². The van der Waals surface area contributed by atoms with E-state index in [-0.39, 0.29) is 0 Å². The zero-order valence-electron chi connectivity index (χ0n) is 66.2. The average molecular weight is 1410 g/mol. The smallest absolute Gasteiger partial charge is 0.0654 e. The molecule has 554 valence electrons. The van der Waals surface area contributed by atoms with Crippen molar-refractivity contribution in [3.63, 3.8) is 0 Å². The Morgan fingerprint density at radius 3 is 0.642 bits per heavy atom. The second kappa shape index (κ2) is 65.5. The molecule has 3 heteroatoms. The molecule has 0 atom stereocenters. The summed E-state index contributed by atoms with van der Waals surface area (Å²) in [6, 6.07) is 9.89. The van der Waals surface area contributed by atoms with E-state index >= 15 is 0 Å². The maximum atomic E-state index is 12.6. The summed E-state index contributed by atoms with van der Waals surface area (Å²) in [5, 5.41) is 0. The van der Waals surface area contributed by atoms with Crippen molar-refractivity contribution in [2.75, 3.05) is 0 Å². The third kappa shape index (κ3) is 42.9. The van der Waals surface area contributed by atoms with Crippen molar-refractivity contribution in [3.05, 3.63) is 85.5 Å². The Hall–Kier alpha value is -1.82. The van der Waals surface area contributed by atoms with Crippen molar-refractivity contribution < 1.29 is 22.7 Å². The van der Waals surface area contributed by atoms with Gasteiger partial charge in [0.1, 0.15) is 0 Å². The number of unbranched alkanes of at least 4 members (excludes halogenated alkanes) is 46. The molecular weight excluding hydrogens is 1240 g/mol. The molecular formula is C92H166N2Pd. The summed E-state index contributed by atoms with van der Waals surface area (Å²) in [5.41, 5.74) is 29.2. The molecule has 0 bridgehead atoms. The van der Waals surface area contributed by atoms with Crippen molar-refractivity contribution >= 4 is 11.4 Å². The minimum Gasteiger partial charge on any atom is -0.0654 e. The number of benzene rings is 2. The van der Waals surface area contributed by atoms with E-state index in [1.807, 2.05) is 0 Å². The Labute approximate surface area is 605 Å². The van der Waals surface area contributed by atoms with Gasteiger partial charge in [0, 0.05) is 22.3 Å². The first kappa shape index (κ1) is 89.3. The van der Waals surface area contributed by atoms with E-state index in [2.05, 4.69) is 93.5 Å². The molecule has 1 aliphatic heterocycles. The number of rotatable bonds is 68. The first-order valence-corrected chi connectivity index (χ1v) is 45.8. The van der Waals surface area contributed by atoms with Crippen LogP contribution in [-0.4, -0.2) is 4.70 Å². The van der Waals surface area contributed by atoms with E-state index < -0.39 is 0 Å². The molecule has 0 saturated carbocycles. The van der Waals surface area contributed by atoms with Gasteiger partial charge >= 0.3 is 169 Å². The molecule has 0 unspecified atom stereocenters. The van der Waals surface area contributed by atoms with E-state index in [4.69, 9.17) is 0 Å². The molecule has 1 heterocycles. The van der Waals surface area contributed by atoms with Crippen molar-refractivity contribution in [2.45, 2.75) is 490 Å². The molecule has 0 radical (unpaired) electrons. The van der Waals surface area contributed by atoms with Crippen LogP contribution in [0.15, 0.2) is 35.4 Å². The molecule has 2 aromatic carbocycles. The van der Waals surface area contributed by atoms with Crippen molar-refractivity contribution in [1.82, 2.24) is 0 Å². The van der Waals surface area contributed by atoms with Crippen molar-refractivity contribution in [3.8, 4) is 0 Å². The molecule has 0 aromatic heterocycles. The molecule has 0 amide bonds. The van der Waals surface area contributed by atoms with Crippen LogP contribution in [0, 0.1) is 0 Å². The Morgan fingerprint density at radius 2 is 0.421 bits per heavy atom. The third-order valence-corrected chi connectivity index (χ3v) is 23.3. The van der Waals surface area contributed by atoms with Gasteiger partial charge in [-0.1, -0.05) is 275 Å². The fraction of sp³-hybridized carbons (Fsp3) is 0.826. The van der Waals surface area contributed by atoms with Gasteiger partial charge in [-0.2, -0.15) is 0 Å². The predicted molar refractivity (Wildman–Crippen MR) is 427 cm³/mol. The molecule has 0 fully saturated rings. The van der Waals surface area contributed by atoms with Gasteiger partial charge in [0.05, 0.1) is 0 Å². The molecule has 0 saturated heterocycles. The SMILES string of the molecule is CCCCCCCCC1=C(c2cc(CCC)c(CCC)c(CCC)c2)[N+](=[N-])C(c2cc(CCC)c(CCC)c(CCC)c2)=C1CCCC.CCCCCCCCCCCCCCCCCCCCCC[CH2][Pd][CH2]CCCCCCCCCCCCCCCCCCCCCC. The first-order valence-electron chi connectivity index (χ1n) is 43.6. The summed E-state index contributed by atoms with van der Waals surface area (Å²) in [6.45, 7) is 23.1. The van der Waals surface area contributed by atoms with Gasteiger partial charge in [-0.25, -0.2) is 4.70 Å². The van der Waals surface area contributed by atoms with E-state index in [1.165, 1.54) is 366 Å². The monoisotopic (exact) mass is 1410 g/mol. The van der Waals surface area contributed by atoms with Crippen LogP contribution in [0.1, 0.15) is 486 Å². The van der Waals surface area contributed by atoms with Crippen LogP contribution in [0.2, 0.25) is 9.79 Å². The quantitative estimate of drug-likeness (QED) is 0.0358. The number of nitrogens with zero attached hydrogens (tertiary/aromatic N) is 2. The molecule has 95 heavy (non-hydrogen) atoms. The molecule has 0 N–H and O–H groups in total. The van der Waals surface area contributed by atoms with Crippen LogP contribution in [0.25, 0.3) is 16.9 Å². The van der Waals surface area contributed by atoms with Gasteiger partial charge in [0.15, 0.2) is 0 Å². The Morgan fingerprint density at radius 1 is 0.221 bits per heavy atom. The normalized spacial score (nSPS) is 12.6. The molecule has 3 rings (SSSR count). The van der Waals surface area contributed by atoms with Gasteiger partial charge in [-0.05, 0) is 122 Å². The summed E-state index contributed by atoms with van der Waals surface area (Å²) >= 11 is 1.06. The molecule has 2 nitrogen and oxygen atoms in total. The number of aryl methyl sites for hydroxylation is 4. The van der Waals surface area contributed by atoms with E-state index in [0.29, 0.717) is 0 Å². The minimum atomic E-state index is 1.03. The minimum absolute atomic E-state index is 1.03. The van der Waals surface area contributed by atoms with Crippen molar-refractivity contribution in [2.24, 2.45) is 0 Å². The second-order valence-corrected chi connectivity index (χ2v) is 32.6. The number of hydrogen-bond donors (Lipinski definition) is 0. The zero-order chi connectivity index (χ0) is 68.7. The average Bonchev–Trinajstić information content (AvgIpc) is 1.62. The number of allylic oxidation sites excluding steroid dienone is 2.